The molecule has 0 bridgehead atoms. The number of aryl methyl sites for hydroxylation is 2. The molecule has 1 fully saturated rings. The van der Waals surface area contributed by atoms with Gasteiger partial charge >= 0.3 is 0 Å². The van der Waals surface area contributed by atoms with E-state index in [1.807, 2.05) is 31.2 Å². The van der Waals surface area contributed by atoms with Gasteiger partial charge in [-0.15, -0.1) is 0 Å². The van der Waals surface area contributed by atoms with E-state index in [2.05, 4.69) is 24.0 Å². The highest BCUT2D eigenvalue weighted by Gasteiger charge is 2.36. The molecule has 2 aromatic heterocycles. The summed E-state index contributed by atoms with van der Waals surface area (Å²) in [6.07, 6.45) is 3.88. The molecule has 1 amide bonds. The largest absolute Gasteiger partial charge is 0.282 e. The molecule has 1 atom stereocenters. The first kappa shape index (κ1) is 25.5. The van der Waals surface area contributed by atoms with E-state index >= 15 is 0 Å². The Morgan fingerprint density at radius 1 is 1.14 bits per heavy atom. The van der Waals surface area contributed by atoms with Gasteiger partial charge in [0.05, 0.1) is 33.3 Å². The van der Waals surface area contributed by atoms with E-state index in [1.165, 1.54) is 21.2 Å². The topological polar surface area (TPSA) is 83.5 Å². The number of aromatic nitrogens is 2. The number of hydrogen-bond acceptors (Lipinski definition) is 6. The standard InChI is InChI=1S/C28H30N4O3S2/c1-3-21-11-14-25-26(17-21)36-28(30-25)32(19-23-8-4-5-15-29-23)27(33)22-7-6-16-31(18-22)37(34,35)24-12-9-20(2)10-13-24/h4-5,8-15,17,22H,3,6-7,16,18-19H2,1-2H3. The van der Waals surface area contributed by atoms with Gasteiger partial charge in [-0.1, -0.05) is 48.1 Å². The third kappa shape index (κ3) is 5.44. The maximum atomic E-state index is 14.0. The molecule has 7 nitrogen and oxygen atoms in total. The van der Waals surface area contributed by atoms with E-state index < -0.39 is 15.9 Å². The zero-order valence-corrected chi connectivity index (χ0v) is 22.6. The second-order valence-electron chi connectivity index (χ2n) is 9.41. The first-order valence-corrected chi connectivity index (χ1v) is 14.8. The Bertz CT molecular complexity index is 1500. The smallest absolute Gasteiger partial charge is 0.243 e. The molecule has 37 heavy (non-hydrogen) atoms. The van der Waals surface area contributed by atoms with Gasteiger partial charge in [-0.25, -0.2) is 13.4 Å². The van der Waals surface area contributed by atoms with Crippen molar-refractivity contribution in [1.82, 2.24) is 14.3 Å². The van der Waals surface area contributed by atoms with Crippen LogP contribution in [0.2, 0.25) is 0 Å². The highest BCUT2D eigenvalue weighted by atomic mass is 32.2. The number of nitrogens with zero attached hydrogens (tertiary/aromatic N) is 4. The predicted octanol–water partition coefficient (Wildman–Crippen LogP) is 5.20. The molecule has 3 heterocycles. The molecular formula is C28H30N4O3S2. The fourth-order valence-corrected chi connectivity index (χ4v) is 7.19. The van der Waals surface area contributed by atoms with E-state index in [9.17, 15) is 13.2 Å². The molecule has 9 heteroatoms. The van der Waals surface area contributed by atoms with Crippen LogP contribution in [0.3, 0.4) is 0 Å². The molecule has 5 rings (SSSR count). The second-order valence-corrected chi connectivity index (χ2v) is 12.4. The first-order chi connectivity index (χ1) is 17.8. The third-order valence-corrected chi connectivity index (χ3v) is 9.71. The van der Waals surface area contributed by atoms with Crippen molar-refractivity contribution in [3.8, 4) is 0 Å². The zero-order chi connectivity index (χ0) is 26.0. The van der Waals surface area contributed by atoms with E-state index in [0.29, 0.717) is 24.5 Å². The minimum atomic E-state index is -3.69. The van der Waals surface area contributed by atoms with Crippen LogP contribution >= 0.6 is 11.3 Å². The lowest BCUT2D eigenvalue weighted by molar-refractivity contribution is -0.123. The minimum Gasteiger partial charge on any atom is -0.282 e. The van der Waals surface area contributed by atoms with Crippen LogP contribution in [-0.2, 0) is 27.8 Å². The van der Waals surface area contributed by atoms with Gasteiger partial charge in [0.25, 0.3) is 0 Å². The summed E-state index contributed by atoms with van der Waals surface area (Å²) in [4.78, 5) is 25.2. The third-order valence-electron chi connectivity index (χ3n) is 6.79. The van der Waals surface area contributed by atoms with Crippen molar-refractivity contribution in [2.24, 2.45) is 5.92 Å². The molecular weight excluding hydrogens is 504 g/mol. The van der Waals surface area contributed by atoms with Gasteiger partial charge in [-0.05, 0) is 68.1 Å². The van der Waals surface area contributed by atoms with E-state index in [4.69, 9.17) is 4.98 Å². The average Bonchev–Trinajstić information content (AvgIpc) is 3.35. The Labute approximate surface area is 221 Å². The minimum absolute atomic E-state index is 0.121. The number of anilines is 1. The highest BCUT2D eigenvalue weighted by Crippen LogP contribution is 2.33. The number of fused-ring (bicyclic) bond motifs is 1. The summed E-state index contributed by atoms with van der Waals surface area (Å²) in [6.45, 7) is 4.87. The fourth-order valence-electron chi connectivity index (χ4n) is 4.63. The number of amides is 1. The Morgan fingerprint density at radius 2 is 1.95 bits per heavy atom. The quantitative estimate of drug-likeness (QED) is 0.326. The lowest BCUT2D eigenvalue weighted by atomic mass is 9.98. The van der Waals surface area contributed by atoms with Crippen LogP contribution in [0.4, 0.5) is 5.13 Å². The summed E-state index contributed by atoms with van der Waals surface area (Å²) >= 11 is 1.49. The number of sulfonamides is 1. The van der Waals surface area contributed by atoms with Gasteiger partial charge in [-0.2, -0.15) is 4.31 Å². The van der Waals surface area contributed by atoms with E-state index in [-0.39, 0.29) is 23.9 Å². The second kappa shape index (κ2) is 10.7. The number of piperidine rings is 1. The molecule has 4 aromatic rings. The number of thiazole rings is 1. The van der Waals surface area contributed by atoms with Crippen molar-refractivity contribution in [1.29, 1.82) is 0 Å². The van der Waals surface area contributed by atoms with Crippen molar-refractivity contribution < 1.29 is 13.2 Å². The summed E-state index contributed by atoms with van der Waals surface area (Å²) in [5.74, 6) is -0.583. The fraction of sp³-hybridized carbons (Fsp3) is 0.321. The van der Waals surface area contributed by atoms with Crippen LogP contribution < -0.4 is 4.90 Å². The van der Waals surface area contributed by atoms with Crippen LogP contribution in [0.5, 0.6) is 0 Å². The summed E-state index contributed by atoms with van der Waals surface area (Å²) in [7, 11) is -3.69. The lowest BCUT2D eigenvalue weighted by Crippen LogP contribution is -2.46. The number of carbonyl (C=O) groups is 1. The van der Waals surface area contributed by atoms with Gasteiger partial charge in [0.1, 0.15) is 0 Å². The van der Waals surface area contributed by atoms with Gasteiger partial charge in [0.2, 0.25) is 15.9 Å². The van der Waals surface area contributed by atoms with Crippen LogP contribution in [0, 0.1) is 12.8 Å². The summed E-state index contributed by atoms with van der Waals surface area (Å²) in [5, 5.41) is 0.609. The van der Waals surface area contributed by atoms with Crippen molar-refractivity contribution in [3.05, 3.63) is 83.7 Å². The summed E-state index contributed by atoms with van der Waals surface area (Å²) < 4.78 is 29.2. The van der Waals surface area contributed by atoms with Crippen LogP contribution in [-0.4, -0.2) is 41.7 Å². The molecule has 1 aliphatic heterocycles. The molecule has 2 aromatic carbocycles. The number of benzene rings is 2. The van der Waals surface area contributed by atoms with Crippen molar-refractivity contribution in [2.45, 2.75) is 44.6 Å². The first-order valence-electron chi connectivity index (χ1n) is 12.5. The maximum Gasteiger partial charge on any atom is 0.243 e. The molecule has 1 unspecified atom stereocenters. The van der Waals surface area contributed by atoms with Crippen molar-refractivity contribution in [2.75, 3.05) is 18.0 Å². The summed E-state index contributed by atoms with van der Waals surface area (Å²) in [6, 6.07) is 18.7. The Morgan fingerprint density at radius 3 is 2.68 bits per heavy atom. The average molecular weight is 535 g/mol. The van der Waals surface area contributed by atoms with E-state index in [0.717, 1.165) is 27.9 Å². The van der Waals surface area contributed by atoms with Gasteiger partial charge in [0, 0.05) is 19.3 Å². The molecule has 0 radical (unpaired) electrons. The molecule has 0 N–H and O–H groups in total. The van der Waals surface area contributed by atoms with Gasteiger partial charge in [-0.3, -0.25) is 14.7 Å². The molecule has 1 aliphatic rings. The number of pyridine rings is 1. The molecule has 0 spiro atoms. The molecule has 0 saturated carbocycles. The Kier molecular flexibility index (Phi) is 7.37. The normalized spacial score (nSPS) is 16.6. The van der Waals surface area contributed by atoms with Crippen LogP contribution in [0.25, 0.3) is 10.2 Å². The van der Waals surface area contributed by atoms with Crippen LogP contribution in [0.15, 0.2) is 71.8 Å². The SMILES string of the molecule is CCc1ccc2nc(N(Cc3ccccn3)C(=O)C3CCCN(S(=O)(=O)c4ccc(C)cc4)C3)sc2c1. The highest BCUT2D eigenvalue weighted by molar-refractivity contribution is 7.89. The molecule has 1 saturated heterocycles. The number of hydrogen-bond donors (Lipinski definition) is 0. The van der Waals surface area contributed by atoms with Gasteiger partial charge in [0.15, 0.2) is 5.13 Å². The van der Waals surface area contributed by atoms with E-state index in [1.54, 1.807) is 35.4 Å². The van der Waals surface area contributed by atoms with Crippen LogP contribution in [0.1, 0.15) is 36.6 Å². The van der Waals surface area contributed by atoms with Gasteiger partial charge < -0.3 is 0 Å². The number of carbonyl (C=O) groups excluding carboxylic acids is 1. The Balaban J connectivity index is 1.45. The molecule has 0 aliphatic carbocycles. The zero-order valence-electron chi connectivity index (χ0n) is 21.0. The summed E-state index contributed by atoms with van der Waals surface area (Å²) in [5.41, 5.74) is 3.82. The van der Waals surface area contributed by atoms with Crippen molar-refractivity contribution >= 4 is 42.6 Å². The number of rotatable bonds is 7. The maximum absolute atomic E-state index is 14.0. The van der Waals surface area contributed by atoms with Crippen molar-refractivity contribution in [3.63, 3.8) is 0 Å². The Hall–Kier alpha value is -3.14. The predicted molar refractivity (Wildman–Crippen MR) is 147 cm³/mol. The molecule has 192 valence electrons. The lowest BCUT2D eigenvalue weighted by Gasteiger charge is -2.33. The monoisotopic (exact) mass is 534 g/mol.